The number of hydrogen-bond donors (Lipinski definition) is 2. The first-order chi connectivity index (χ1) is 8.74. The van der Waals surface area contributed by atoms with Crippen LogP contribution in [0.2, 0.25) is 0 Å². The Morgan fingerprint density at radius 3 is 2.94 bits per heavy atom. The molecule has 0 radical (unpaired) electrons. The van der Waals surface area contributed by atoms with Crippen molar-refractivity contribution in [1.29, 1.82) is 0 Å². The number of carbonyl (C=O) groups excluding carboxylic acids is 1. The topological polar surface area (TPSA) is 62.2 Å². The Hall–Kier alpha value is -2.36. The Labute approximate surface area is 104 Å². The lowest BCUT2D eigenvalue weighted by Crippen LogP contribution is -2.19. The monoisotopic (exact) mass is 240 g/mol. The maximum absolute atomic E-state index is 11.5. The van der Waals surface area contributed by atoms with Crippen molar-refractivity contribution in [2.75, 3.05) is 5.32 Å². The summed E-state index contributed by atoms with van der Waals surface area (Å²) in [4.78, 5) is 15.6. The number of anilines is 1. The van der Waals surface area contributed by atoms with Gasteiger partial charge in [-0.05, 0) is 30.2 Å². The zero-order valence-corrected chi connectivity index (χ0v) is 9.68. The molecule has 1 aliphatic rings. The van der Waals surface area contributed by atoms with Gasteiger partial charge in [0.2, 0.25) is 5.91 Å². The molecule has 1 aliphatic heterocycles. The van der Waals surface area contributed by atoms with Gasteiger partial charge in [0.25, 0.3) is 0 Å². The molecule has 1 aromatic carbocycles. The molecule has 0 fully saturated rings. The minimum absolute atomic E-state index is 0.0123. The van der Waals surface area contributed by atoms with Crippen molar-refractivity contribution in [3.8, 4) is 16.9 Å². The van der Waals surface area contributed by atoms with E-state index in [1.165, 1.54) is 0 Å². The van der Waals surface area contributed by atoms with E-state index in [0.717, 1.165) is 22.4 Å². The molecule has 0 atom stereocenters. The van der Waals surface area contributed by atoms with Gasteiger partial charge < -0.3 is 10.4 Å². The fourth-order valence-corrected chi connectivity index (χ4v) is 2.23. The second-order valence-corrected chi connectivity index (χ2v) is 4.32. The summed E-state index contributed by atoms with van der Waals surface area (Å²) in [5.74, 6) is 0.224. The number of benzene rings is 1. The van der Waals surface area contributed by atoms with Crippen molar-refractivity contribution in [2.24, 2.45) is 0 Å². The second kappa shape index (κ2) is 4.14. The summed E-state index contributed by atoms with van der Waals surface area (Å²) in [6, 6.07) is 7.09. The standard InChI is InChI=1S/C14H12N2O2/c17-11-6-9-3-4-13(18)16-14(9)12(7-11)10-2-1-5-15-8-10/h1-2,5-8,17H,3-4H2,(H,16,18). The van der Waals surface area contributed by atoms with Crippen LogP contribution in [0.15, 0.2) is 36.7 Å². The highest BCUT2D eigenvalue weighted by Crippen LogP contribution is 2.37. The lowest BCUT2D eigenvalue weighted by atomic mass is 9.95. The maximum atomic E-state index is 11.5. The number of hydrogen-bond acceptors (Lipinski definition) is 3. The van der Waals surface area contributed by atoms with Crippen LogP contribution < -0.4 is 5.32 Å². The van der Waals surface area contributed by atoms with Crippen LogP contribution in [0.5, 0.6) is 5.75 Å². The summed E-state index contributed by atoms with van der Waals surface area (Å²) in [7, 11) is 0. The highest BCUT2D eigenvalue weighted by molar-refractivity contribution is 5.99. The first kappa shape index (κ1) is 10.8. The van der Waals surface area contributed by atoms with E-state index in [2.05, 4.69) is 10.3 Å². The Balaban J connectivity index is 2.20. The van der Waals surface area contributed by atoms with Gasteiger partial charge >= 0.3 is 0 Å². The summed E-state index contributed by atoms with van der Waals surface area (Å²) in [6.45, 7) is 0. The Kier molecular flexibility index (Phi) is 2.48. The van der Waals surface area contributed by atoms with E-state index in [1.807, 2.05) is 12.1 Å². The molecule has 0 unspecified atom stereocenters. The summed E-state index contributed by atoms with van der Waals surface area (Å²) in [5, 5.41) is 12.6. The molecule has 4 heteroatoms. The van der Waals surface area contributed by atoms with Crippen molar-refractivity contribution in [2.45, 2.75) is 12.8 Å². The van der Waals surface area contributed by atoms with E-state index in [0.29, 0.717) is 12.8 Å². The minimum atomic E-state index is 0.0123. The molecule has 0 bridgehead atoms. The summed E-state index contributed by atoms with van der Waals surface area (Å²) in [5.41, 5.74) is 3.45. The molecule has 1 amide bonds. The van der Waals surface area contributed by atoms with Crippen molar-refractivity contribution >= 4 is 11.6 Å². The Morgan fingerprint density at radius 1 is 1.28 bits per heavy atom. The molecule has 4 nitrogen and oxygen atoms in total. The smallest absolute Gasteiger partial charge is 0.224 e. The number of phenols is 1. The Bertz CT molecular complexity index is 609. The number of pyridine rings is 1. The van der Waals surface area contributed by atoms with Crippen LogP contribution >= 0.6 is 0 Å². The average molecular weight is 240 g/mol. The van der Waals surface area contributed by atoms with Crippen LogP contribution in [0, 0.1) is 0 Å². The van der Waals surface area contributed by atoms with Crippen LogP contribution in [-0.2, 0) is 11.2 Å². The quantitative estimate of drug-likeness (QED) is 0.752. The molecule has 90 valence electrons. The summed E-state index contributed by atoms with van der Waals surface area (Å²) < 4.78 is 0. The molecule has 0 spiro atoms. The van der Waals surface area contributed by atoms with Gasteiger partial charge in [-0.2, -0.15) is 0 Å². The van der Waals surface area contributed by atoms with Gasteiger partial charge in [0.15, 0.2) is 0 Å². The molecule has 2 aromatic rings. The summed E-state index contributed by atoms with van der Waals surface area (Å²) in [6.07, 6.45) is 4.53. The number of aromatic hydroxyl groups is 1. The largest absolute Gasteiger partial charge is 0.508 e. The summed E-state index contributed by atoms with van der Waals surface area (Å²) >= 11 is 0. The van der Waals surface area contributed by atoms with Crippen LogP contribution in [0.1, 0.15) is 12.0 Å². The average Bonchev–Trinajstić information content (AvgIpc) is 2.39. The van der Waals surface area contributed by atoms with Crippen molar-refractivity contribution in [3.63, 3.8) is 0 Å². The molecule has 2 N–H and O–H groups in total. The van der Waals surface area contributed by atoms with E-state index >= 15 is 0 Å². The molecular formula is C14H12N2O2. The van der Waals surface area contributed by atoms with Gasteiger partial charge in [0.1, 0.15) is 5.75 Å². The van der Waals surface area contributed by atoms with Gasteiger partial charge in [-0.25, -0.2) is 0 Å². The van der Waals surface area contributed by atoms with Gasteiger partial charge in [0.05, 0.1) is 5.69 Å². The van der Waals surface area contributed by atoms with Gasteiger partial charge in [0, 0.05) is 29.9 Å². The van der Waals surface area contributed by atoms with Crippen LogP contribution in [-0.4, -0.2) is 16.0 Å². The molecule has 2 heterocycles. The zero-order valence-electron chi connectivity index (χ0n) is 9.68. The van der Waals surface area contributed by atoms with Crippen molar-refractivity contribution in [3.05, 3.63) is 42.2 Å². The number of phenolic OH excluding ortho intramolecular Hbond substituents is 1. The fourth-order valence-electron chi connectivity index (χ4n) is 2.23. The molecule has 0 aliphatic carbocycles. The van der Waals surface area contributed by atoms with Gasteiger partial charge in [-0.1, -0.05) is 6.07 Å². The molecule has 3 rings (SSSR count). The number of nitrogens with zero attached hydrogens (tertiary/aromatic N) is 1. The number of rotatable bonds is 1. The third-order valence-electron chi connectivity index (χ3n) is 3.06. The van der Waals surface area contributed by atoms with E-state index in [1.54, 1.807) is 24.5 Å². The second-order valence-electron chi connectivity index (χ2n) is 4.32. The third kappa shape index (κ3) is 1.82. The number of fused-ring (bicyclic) bond motifs is 1. The molecule has 1 aromatic heterocycles. The van der Waals surface area contributed by atoms with E-state index in [-0.39, 0.29) is 11.7 Å². The number of amides is 1. The SMILES string of the molecule is O=C1CCc2cc(O)cc(-c3cccnc3)c2N1. The van der Waals surface area contributed by atoms with Crippen LogP contribution in [0.4, 0.5) is 5.69 Å². The maximum Gasteiger partial charge on any atom is 0.224 e. The zero-order chi connectivity index (χ0) is 12.5. The van der Waals surface area contributed by atoms with Crippen molar-refractivity contribution < 1.29 is 9.90 Å². The normalized spacial score (nSPS) is 13.9. The highest BCUT2D eigenvalue weighted by Gasteiger charge is 2.19. The third-order valence-corrected chi connectivity index (χ3v) is 3.06. The number of nitrogens with one attached hydrogen (secondary N) is 1. The first-order valence-corrected chi connectivity index (χ1v) is 5.80. The fraction of sp³-hybridized carbons (Fsp3) is 0.143. The van der Waals surface area contributed by atoms with E-state index < -0.39 is 0 Å². The van der Waals surface area contributed by atoms with Crippen LogP contribution in [0.25, 0.3) is 11.1 Å². The van der Waals surface area contributed by atoms with Crippen molar-refractivity contribution in [1.82, 2.24) is 4.98 Å². The number of carbonyl (C=O) groups is 1. The minimum Gasteiger partial charge on any atom is -0.508 e. The van der Waals surface area contributed by atoms with Gasteiger partial charge in [-0.15, -0.1) is 0 Å². The molecular weight excluding hydrogens is 228 g/mol. The molecule has 0 saturated heterocycles. The van der Waals surface area contributed by atoms with Gasteiger partial charge in [-0.3, -0.25) is 9.78 Å². The van der Waals surface area contributed by atoms with Crippen LogP contribution in [0.3, 0.4) is 0 Å². The highest BCUT2D eigenvalue weighted by atomic mass is 16.3. The number of aromatic nitrogens is 1. The molecule has 0 saturated carbocycles. The van der Waals surface area contributed by atoms with E-state index in [9.17, 15) is 9.90 Å². The predicted molar refractivity (Wildman–Crippen MR) is 68.3 cm³/mol. The lowest BCUT2D eigenvalue weighted by molar-refractivity contribution is -0.116. The first-order valence-electron chi connectivity index (χ1n) is 5.80. The lowest BCUT2D eigenvalue weighted by Gasteiger charge is -2.20. The number of aryl methyl sites for hydroxylation is 1. The molecule has 18 heavy (non-hydrogen) atoms. The Morgan fingerprint density at radius 2 is 2.17 bits per heavy atom. The van der Waals surface area contributed by atoms with E-state index in [4.69, 9.17) is 0 Å². The predicted octanol–water partition coefficient (Wildman–Crippen LogP) is 2.34.